The molecular weight excluding hydrogens is 422 g/mol. The predicted octanol–water partition coefficient (Wildman–Crippen LogP) is 3.27. The molecule has 0 fully saturated rings. The maximum absolute atomic E-state index is 12.7. The van der Waals surface area contributed by atoms with Crippen LogP contribution in [0.25, 0.3) is 0 Å². The summed E-state index contributed by atoms with van der Waals surface area (Å²) in [6, 6.07) is 5.77. The summed E-state index contributed by atoms with van der Waals surface area (Å²) in [5, 5.41) is 0.826. The number of carbonyl (C=O) groups is 3. The van der Waals surface area contributed by atoms with E-state index in [1.807, 2.05) is 0 Å². The molecule has 2 rings (SSSR count). The van der Waals surface area contributed by atoms with Crippen LogP contribution in [0.3, 0.4) is 0 Å². The molecule has 146 valence electrons. The Morgan fingerprint density at radius 3 is 2.07 bits per heavy atom. The van der Waals surface area contributed by atoms with Gasteiger partial charge in [-0.3, -0.25) is 0 Å². The quantitative estimate of drug-likeness (QED) is 0.524. The number of esters is 2. The van der Waals surface area contributed by atoms with Crippen molar-refractivity contribution in [3.63, 3.8) is 0 Å². The Morgan fingerprint density at radius 2 is 1.59 bits per heavy atom. The number of hydrogen-bond donors (Lipinski definition) is 0. The van der Waals surface area contributed by atoms with Crippen LogP contribution >= 0.6 is 15.9 Å². The number of carbonyl (C=O) groups excluding carboxylic acids is 3. The Labute approximate surface area is 165 Å². The zero-order chi connectivity index (χ0) is 20.4. The maximum atomic E-state index is 12.7. The third-order valence-electron chi connectivity index (χ3n) is 3.48. The molecule has 1 aliphatic rings. The van der Waals surface area contributed by atoms with Crippen LogP contribution in [0, 0.1) is 0 Å². The van der Waals surface area contributed by atoms with Gasteiger partial charge in [-0.15, -0.1) is 5.06 Å². The van der Waals surface area contributed by atoms with Crippen LogP contribution < -0.4 is 0 Å². The first kappa shape index (κ1) is 20.8. The van der Waals surface area contributed by atoms with Crippen molar-refractivity contribution in [1.82, 2.24) is 5.06 Å². The molecule has 0 aromatic heterocycles. The zero-order valence-electron chi connectivity index (χ0n) is 15.6. The summed E-state index contributed by atoms with van der Waals surface area (Å²) in [7, 11) is 2.30. The lowest BCUT2D eigenvalue weighted by Gasteiger charge is -2.27. The van der Waals surface area contributed by atoms with Crippen molar-refractivity contribution in [2.75, 3.05) is 14.2 Å². The van der Waals surface area contributed by atoms with Crippen LogP contribution in [0.15, 0.2) is 40.1 Å². The molecule has 1 aliphatic heterocycles. The molecule has 0 aliphatic carbocycles. The first-order chi connectivity index (χ1) is 12.6. The molecule has 0 saturated heterocycles. The molecule has 1 unspecified atom stereocenters. The number of ether oxygens (including phenoxy) is 3. The van der Waals surface area contributed by atoms with E-state index in [2.05, 4.69) is 20.7 Å². The van der Waals surface area contributed by atoms with Gasteiger partial charge in [0.05, 0.1) is 14.2 Å². The molecule has 8 nitrogen and oxygen atoms in total. The van der Waals surface area contributed by atoms with E-state index in [0.717, 1.165) is 16.6 Å². The van der Waals surface area contributed by atoms with Gasteiger partial charge in [0.1, 0.15) is 17.2 Å². The maximum Gasteiger partial charge on any atom is 0.444 e. The van der Waals surface area contributed by atoms with Crippen LogP contribution in [0.1, 0.15) is 32.4 Å². The van der Waals surface area contributed by atoms with Gasteiger partial charge in [-0.1, -0.05) is 28.1 Å². The second-order valence-electron chi connectivity index (χ2n) is 6.58. The highest BCUT2D eigenvalue weighted by Gasteiger charge is 2.48. The van der Waals surface area contributed by atoms with E-state index in [1.54, 1.807) is 45.0 Å². The Balaban J connectivity index is 2.58. The topological polar surface area (TPSA) is 91.4 Å². The van der Waals surface area contributed by atoms with E-state index < -0.39 is 35.4 Å². The number of hydrogen-bond acceptors (Lipinski definition) is 7. The summed E-state index contributed by atoms with van der Waals surface area (Å²) < 4.78 is 15.6. The second-order valence-corrected chi connectivity index (χ2v) is 7.49. The molecule has 0 radical (unpaired) electrons. The minimum Gasteiger partial charge on any atom is -0.465 e. The third-order valence-corrected chi connectivity index (χ3v) is 4.01. The Hall–Kier alpha value is -2.55. The van der Waals surface area contributed by atoms with Crippen molar-refractivity contribution in [1.29, 1.82) is 0 Å². The summed E-state index contributed by atoms with van der Waals surface area (Å²) >= 11 is 3.33. The van der Waals surface area contributed by atoms with Crippen molar-refractivity contribution in [2.24, 2.45) is 0 Å². The molecule has 1 atom stereocenters. The lowest BCUT2D eigenvalue weighted by Crippen LogP contribution is -2.37. The van der Waals surface area contributed by atoms with Gasteiger partial charge >= 0.3 is 18.0 Å². The van der Waals surface area contributed by atoms with Crippen LogP contribution in [0.2, 0.25) is 0 Å². The van der Waals surface area contributed by atoms with Crippen LogP contribution in [0.4, 0.5) is 4.79 Å². The molecule has 0 saturated carbocycles. The minimum absolute atomic E-state index is 0.155. The van der Waals surface area contributed by atoms with Crippen LogP contribution in [0.5, 0.6) is 0 Å². The Morgan fingerprint density at radius 1 is 1.04 bits per heavy atom. The molecule has 0 spiro atoms. The largest absolute Gasteiger partial charge is 0.465 e. The molecule has 0 N–H and O–H groups in total. The summed E-state index contributed by atoms with van der Waals surface area (Å²) in [6.07, 6.45) is -0.865. The molecule has 9 heteroatoms. The van der Waals surface area contributed by atoms with E-state index in [0.29, 0.717) is 5.56 Å². The molecule has 1 amide bonds. The predicted molar refractivity (Wildman–Crippen MR) is 97.1 cm³/mol. The standard InChI is InChI=1S/C18H20BrNO7/c1-18(2,3)26-17(23)20-13(10-6-8-11(19)9-7-10)12(15(21)24-4)14(27-20)16(22)25-5/h6-9,13H,1-5H3. The first-order valence-corrected chi connectivity index (χ1v) is 8.74. The van der Waals surface area contributed by atoms with Crippen molar-refractivity contribution >= 4 is 34.0 Å². The Bertz CT molecular complexity index is 780. The monoisotopic (exact) mass is 441 g/mol. The fraction of sp³-hybridized carbons (Fsp3) is 0.389. The van der Waals surface area contributed by atoms with Gasteiger partial charge in [0, 0.05) is 4.47 Å². The number of hydroxylamine groups is 2. The van der Waals surface area contributed by atoms with Crippen molar-refractivity contribution in [3.8, 4) is 0 Å². The molecule has 27 heavy (non-hydrogen) atoms. The zero-order valence-corrected chi connectivity index (χ0v) is 17.2. The highest BCUT2D eigenvalue weighted by molar-refractivity contribution is 9.10. The summed E-state index contributed by atoms with van der Waals surface area (Å²) in [4.78, 5) is 42.6. The minimum atomic E-state index is -1.05. The fourth-order valence-electron chi connectivity index (χ4n) is 2.39. The van der Waals surface area contributed by atoms with E-state index in [-0.39, 0.29) is 5.57 Å². The van der Waals surface area contributed by atoms with Gasteiger partial charge in [-0.25, -0.2) is 14.4 Å². The first-order valence-electron chi connectivity index (χ1n) is 7.95. The lowest BCUT2D eigenvalue weighted by atomic mass is 9.98. The SMILES string of the molecule is COC(=O)C1=C(C(=O)OC)C(c2ccc(Br)cc2)N(C(=O)OC(C)(C)C)O1. The number of amides is 1. The van der Waals surface area contributed by atoms with Crippen molar-refractivity contribution < 1.29 is 33.4 Å². The van der Waals surface area contributed by atoms with E-state index in [4.69, 9.17) is 14.3 Å². The number of methoxy groups -OCH3 is 2. The van der Waals surface area contributed by atoms with Gasteiger partial charge < -0.3 is 19.0 Å². The van der Waals surface area contributed by atoms with Gasteiger partial charge in [-0.2, -0.15) is 0 Å². The van der Waals surface area contributed by atoms with Gasteiger partial charge in [0.15, 0.2) is 0 Å². The van der Waals surface area contributed by atoms with Crippen molar-refractivity contribution in [3.05, 3.63) is 45.6 Å². The molecule has 1 aromatic carbocycles. The summed E-state index contributed by atoms with van der Waals surface area (Å²) in [5.41, 5.74) is -0.453. The number of rotatable bonds is 3. The molecule has 0 bridgehead atoms. The smallest absolute Gasteiger partial charge is 0.444 e. The van der Waals surface area contributed by atoms with E-state index >= 15 is 0 Å². The highest BCUT2D eigenvalue weighted by Crippen LogP contribution is 2.40. The Kier molecular flexibility index (Phi) is 6.15. The molecular formula is C18H20BrNO7. The number of nitrogens with zero attached hydrogens (tertiary/aromatic N) is 1. The van der Waals surface area contributed by atoms with Gasteiger partial charge in [-0.05, 0) is 38.5 Å². The summed E-state index contributed by atoms with van der Waals surface area (Å²) in [6.45, 7) is 5.06. The number of benzene rings is 1. The lowest BCUT2D eigenvalue weighted by molar-refractivity contribution is -0.153. The average Bonchev–Trinajstić information content (AvgIpc) is 3.00. The van der Waals surface area contributed by atoms with Crippen LogP contribution in [-0.2, 0) is 28.6 Å². The summed E-state index contributed by atoms with van der Waals surface area (Å²) in [5.74, 6) is -2.17. The number of halogens is 1. The molecule has 1 aromatic rings. The molecule has 1 heterocycles. The fourth-order valence-corrected chi connectivity index (χ4v) is 2.66. The second kappa shape index (κ2) is 7.99. The van der Waals surface area contributed by atoms with Gasteiger partial charge in [0.25, 0.3) is 5.76 Å². The van der Waals surface area contributed by atoms with E-state index in [1.165, 1.54) is 7.11 Å². The normalized spacial score (nSPS) is 16.7. The highest BCUT2D eigenvalue weighted by atomic mass is 79.9. The van der Waals surface area contributed by atoms with Crippen LogP contribution in [-0.4, -0.2) is 42.9 Å². The van der Waals surface area contributed by atoms with E-state index in [9.17, 15) is 14.4 Å². The van der Waals surface area contributed by atoms with Crippen molar-refractivity contribution in [2.45, 2.75) is 32.4 Å². The van der Waals surface area contributed by atoms with Gasteiger partial charge in [0.2, 0.25) is 0 Å². The third kappa shape index (κ3) is 4.60. The average molecular weight is 442 g/mol.